The molecular formula is C26H31N3O9S. The Balaban J connectivity index is 1.48. The molecule has 4 N–H and O–H groups in total. The molecule has 3 atom stereocenters. The molecule has 2 aromatic carbocycles. The predicted molar refractivity (Wildman–Crippen MR) is 140 cm³/mol. The number of carbonyl (C=O) groups is 4. The minimum Gasteiger partial charge on any atom is -0.579 e. The molecule has 0 radical (unpaired) electrons. The summed E-state index contributed by atoms with van der Waals surface area (Å²) in [6, 6.07) is 10.6. The maximum Gasteiger partial charge on any atom is 0.359 e. The summed E-state index contributed by atoms with van der Waals surface area (Å²) in [6.45, 7) is 1.88. The largest absolute Gasteiger partial charge is 0.579 e. The predicted octanol–water partition coefficient (Wildman–Crippen LogP) is 2.52. The van der Waals surface area contributed by atoms with Gasteiger partial charge in [-0.25, -0.2) is 9.59 Å². The Morgan fingerprint density at radius 3 is 2.51 bits per heavy atom. The fraction of sp³-hybridized carbons (Fsp3) is 0.385. The van der Waals surface area contributed by atoms with Crippen LogP contribution in [0.25, 0.3) is 0 Å². The van der Waals surface area contributed by atoms with Gasteiger partial charge in [-0.15, -0.1) is 0 Å². The van der Waals surface area contributed by atoms with Crippen molar-refractivity contribution in [2.45, 2.75) is 43.9 Å². The summed E-state index contributed by atoms with van der Waals surface area (Å²) < 4.78 is 8.33. The van der Waals surface area contributed by atoms with Gasteiger partial charge in [0.2, 0.25) is 11.8 Å². The highest BCUT2D eigenvalue weighted by molar-refractivity contribution is 7.94. The van der Waals surface area contributed by atoms with Gasteiger partial charge >= 0.3 is 11.9 Å². The Morgan fingerprint density at radius 1 is 1.18 bits per heavy atom. The van der Waals surface area contributed by atoms with E-state index in [1.165, 1.54) is 20.1 Å². The van der Waals surface area contributed by atoms with Crippen LogP contribution in [-0.4, -0.2) is 64.5 Å². The number of aromatic hydroxyl groups is 1. The van der Waals surface area contributed by atoms with E-state index in [0.717, 1.165) is 5.56 Å². The van der Waals surface area contributed by atoms with Crippen molar-refractivity contribution < 1.29 is 43.2 Å². The molecule has 1 aliphatic rings. The number of hydroxylamine groups is 2. The molecule has 2 aromatic rings. The summed E-state index contributed by atoms with van der Waals surface area (Å²) in [6.07, 6.45) is 1.25. The molecule has 1 heterocycles. The van der Waals surface area contributed by atoms with Gasteiger partial charge in [0, 0.05) is 19.9 Å². The van der Waals surface area contributed by atoms with E-state index >= 15 is 0 Å². The molecule has 3 rings (SSSR count). The highest BCUT2D eigenvalue weighted by atomic mass is 32.2. The Morgan fingerprint density at radius 2 is 1.90 bits per heavy atom. The van der Waals surface area contributed by atoms with Crippen LogP contribution in [0.1, 0.15) is 52.9 Å². The first-order valence-corrected chi connectivity index (χ1v) is 13.1. The third-order valence-electron chi connectivity index (χ3n) is 5.95. The number of esters is 1. The minimum absolute atomic E-state index is 0.0546. The summed E-state index contributed by atoms with van der Waals surface area (Å²) >= 11 is 0.605. The molecular weight excluding hydrogens is 530 g/mol. The number of phenolic OH excluding ortho intramolecular Hbond substituents is 1. The molecule has 1 aliphatic heterocycles. The van der Waals surface area contributed by atoms with Crippen molar-refractivity contribution >= 4 is 35.6 Å². The lowest BCUT2D eigenvalue weighted by molar-refractivity contribution is -0.880. The van der Waals surface area contributed by atoms with Crippen LogP contribution in [0, 0.1) is 5.21 Å². The normalized spacial score (nSPS) is 19.3. The van der Waals surface area contributed by atoms with Gasteiger partial charge in [-0.2, -0.15) is 5.21 Å². The summed E-state index contributed by atoms with van der Waals surface area (Å²) in [5, 5.41) is 36.1. The molecule has 39 heavy (non-hydrogen) atoms. The lowest BCUT2D eigenvalue weighted by Gasteiger charge is -2.21. The van der Waals surface area contributed by atoms with E-state index in [9.17, 15) is 34.7 Å². The third-order valence-corrected chi connectivity index (χ3v) is 7.13. The lowest BCUT2D eigenvalue weighted by atomic mass is 10.0. The van der Waals surface area contributed by atoms with Gasteiger partial charge in [-0.1, -0.05) is 34.5 Å². The van der Waals surface area contributed by atoms with Crippen LogP contribution in [0.5, 0.6) is 11.5 Å². The van der Waals surface area contributed by atoms with Gasteiger partial charge in [-0.05, 0) is 36.1 Å². The molecule has 1 saturated heterocycles. The Hall–Kier alpha value is -3.65. The van der Waals surface area contributed by atoms with E-state index in [-0.39, 0.29) is 48.3 Å². The first-order chi connectivity index (χ1) is 18.5. The number of phenols is 1. The van der Waals surface area contributed by atoms with E-state index in [2.05, 4.69) is 15.4 Å². The standard InChI is InChI=1S/C26H31N3O9S/c1-16(30)28-19(14-17-8-10-18(11-9-17)22-15-23(32)29(35,36)39-22)25(33)27-12-3-4-13-38-21-7-5-6-20(31)24(21)26(34)37-2/h5-11,19,22,31,35H,3-4,12-15H2,1-2H3,(H,27,33)(H,28,30)/t19-,22?/m0/s1. The van der Waals surface area contributed by atoms with E-state index in [1.807, 2.05) is 0 Å². The first-order valence-electron chi connectivity index (χ1n) is 12.2. The number of ether oxygens (including phenoxy) is 2. The van der Waals surface area contributed by atoms with Crippen LogP contribution in [0.15, 0.2) is 42.5 Å². The molecule has 2 unspecified atom stereocenters. The van der Waals surface area contributed by atoms with Crippen LogP contribution < -0.4 is 15.4 Å². The lowest BCUT2D eigenvalue weighted by Crippen LogP contribution is -2.47. The number of benzene rings is 2. The highest BCUT2D eigenvalue weighted by Crippen LogP contribution is 2.45. The Bertz CT molecular complexity index is 1200. The fourth-order valence-corrected chi connectivity index (χ4v) is 5.00. The zero-order chi connectivity index (χ0) is 28.6. The van der Waals surface area contributed by atoms with Gasteiger partial charge in [0.1, 0.15) is 40.3 Å². The number of hydrogen-bond donors (Lipinski definition) is 4. The summed E-state index contributed by atoms with van der Waals surface area (Å²) in [7, 11) is 1.21. The molecule has 0 spiro atoms. The minimum atomic E-state index is -1.95. The number of amides is 3. The molecule has 1 fully saturated rings. The summed E-state index contributed by atoms with van der Waals surface area (Å²) in [5.41, 5.74) is 1.41. The molecule has 0 bridgehead atoms. The van der Waals surface area contributed by atoms with Crippen molar-refractivity contribution in [1.29, 1.82) is 0 Å². The maximum absolute atomic E-state index is 12.8. The van der Waals surface area contributed by atoms with Gasteiger partial charge < -0.3 is 30.4 Å². The average Bonchev–Trinajstić information content (AvgIpc) is 3.17. The second-order valence-electron chi connectivity index (χ2n) is 8.90. The number of carbonyl (C=O) groups excluding carboxylic acids is 4. The van der Waals surface area contributed by atoms with Crippen molar-refractivity contribution in [2.24, 2.45) is 0 Å². The Kier molecular flexibility index (Phi) is 10.3. The van der Waals surface area contributed by atoms with Crippen LogP contribution in [0.3, 0.4) is 0 Å². The number of quaternary nitrogens is 1. The van der Waals surface area contributed by atoms with Crippen LogP contribution in [0.2, 0.25) is 0 Å². The molecule has 0 aliphatic carbocycles. The van der Waals surface area contributed by atoms with Crippen LogP contribution >= 0.6 is 11.9 Å². The molecule has 3 amide bonds. The zero-order valence-corrected chi connectivity index (χ0v) is 22.4. The van der Waals surface area contributed by atoms with Crippen LogP contribution in [0.4, 0.5) is 0 Å². The van der Waals surface area contributed by atoms with Crippen molar-refractivity contribution in [3.63, 3.8) is 0 Å². The first kappa shape index (κ1) is 29.9. The topological polar surface area (TPSA) is 174 Å². The number of hydrogen-bond acceptors (Lipinski definition) is 10. The van der Waals surface area contributed by atoms with Gasteiger partial charge in [-0.3, -0.25) is 9.59 Å². The second-order valence-corrected chi connectivity index (χ2v) is 10.2. The SMILES string of the molecule is COC(=O)c1c(O)cccc1OCCCCNC(=O)[C@H](Cc1ccc(C2CC(=O)[N+]([O-])(O)S2)cc1)NC(C)=O. The quantitative estimate of drug-likeness (QED) is 0.0753. The van der Waals surface area contributed by atoms with Crippen molar-refractivity contribution in [3.8, 4) is 11.5 Å². The molecule has 0 saturated carbocycles. The smallest absolute Gasteiger partial charge is 0.359 e. The van der Waals surface area contributed by atoms with Crippen molar-refractivity contribution in [1.82, 2.24) is 10.6 Å². The number of rotatable bonds is 12. The number of nitrogens with zero attached hydrogens (tertiary/aromatic N) is 1. The number of unbranched alkanes of at least 4 members (excludes halogenated alkanes) is 1. The number of methoxy groups -OCH3 is 1. The zero-order valence-electron chi connectivity index (χ0n) is 21.5. The van der Waals surface area contributed by atoms with Crippen LogP contribution in [-0.2, 0) is 25.5 Å². The van der Waals surface area contributed by atoms with Crippen molar-refractivity contribution in [2.75, 3.05) is 20.3 Å². The van der Waals surface area contributed by atoms with E-state index < -0.39 is 27.4 Å². The monoisotopic (exact) mass is 561 g/mol. The van der Waals surface area contributed by atoms with Gasteiger partial charge in [0.15, 0.2) is 0 Å². The molecule has 210 valence electrons. The van der Waals surface area contributed by atoms with E-state index in [4.69, 9.17) is 4.74 Å². The third kappa shape index (κ3) is 8.17. The second kappa shape index (κ2) is 13.4. The molecule has 0 aromatic heterocycles. The van der Waals surface area contributed by atoms with Crippen molar-refractivity contribution in [3.05, 3.63) is 64.4 Å². The van der Waals surface area contributed by atoms with Gasteiger partial charge in [0.25, 0.3) is 0 Å². The summed E-state index contributed by atoms with van der Waals surface area (Å²) in [5.74, 6) is -2.29. The average molecular weight is 562 g/mol. The van der Waals surface area contributed by atoms with E-state index in [1.54, 1.807) is 36.4 Å². The number of nitrogens with one attached hydrogen (secondary N) is 2. The van der Waals surface area contributed by atoms with Gasteiger partial charge in [0.05, 0.1) is 20.1 Å². The highest BCUT2D eigenvalue weighted by Gasteiger charge is 2.43. The fourth-order valence-electron chi connectivity index (χ4n) is 3.97. The molecule has 13 heteroatoms. The Labute approximate surface area is 229 Å². The molecule has 12 nitrogen and oxygen atoms in total. The summed E-state index contributed by atoms with van der Waals surface area (Å²) in [4.78, 5) is 47.9. The maximum atomic E-state index is 12.8. The van der Waals surface area contributed by atoms with E-state index in [0.29, 0.717) is 36.9 Å².